The third-order valence-electron chi connectivity index (χ3n) is 1.60. The molecule has 13 heavy (non-hydrogen) atoms. The SMILES string of the molecule is COC(=O)C(N)Cc1sccc1Cl. The summed E-state index contributed by atoms with van der Waals surface area (Å²) < 4.78 is 4.50. The topological polar surface area (TPSA) is 52.3 Å². The van der Waals surface area contributed by atoms with Gasteiger partial charge in [-0.2, -0.15) is 0 Å². The summed E-state index contributed by atoms with van der Waals surface area (Å²) in [6.45, 7) is 0. The van der Waals surface area contributed by atoms with Crippen molar-refractivity contribution in [2.24, 2.45) is 5.73 Å². The smallest absolute Gasteiger partial charge is 0.323 e. The number of halogens is 1. The van der Waals surface area contributed by atoms with Crippen molar-refractivity contribution in [1.29, 1.82) is 0 Å². The number of rotatable bonds is 3. The molecule has 3 nitrogen and oxygen atoms in total. The predicted octanol–water partition coefficient (Wildman–Crippen LogP) is 1.44. The maximum Gasteiger partial charge on any atom is 0.323 e. The molecule has 0 aliphatic carbocycles. The minimum atomic E-state index is -0.624. The Morgan fingerprint density at radius 2 is 2.54 bits per heavy atom. The molecule has 1 unspecified atom stereocenters. The molecule has 0 bridgehead atoms. The number of hydrogen-bond donors (Lipinski definition) is 1. The third kappa shape index (κ3) is 2.69. The van der Waals surface area contributed by atoms with Crippen molar-refractivity contribution in [2.75, 3.05) is 7.11 Å². The summed E-state index contributed by atoms with van der Waals surface area (Å²) in [6, 6.07) is 1.16. The van der Waals surface area contributed by atoms with E-state index in [9.17, 15) is 4.79 Å². The van der Waals surface area contributed by atoms with Gasteiger partial charge in [-0.25, -0.2) is 0 Å². The summed E-state index contributed by atoms with van der Waals surface area (Å²) in [5.41, 5.74) is 5.56. The number of carbonyl (C=O) groups is 1. The highest BCUT2D eigenvalue weighted by molar-refractivity contribution is 7.10. The van der Waals surface area contributed by atoms with Gasteiger partial charge in [0.25, 0.3) is 0 Å². The van der Waals surface area contributed by atoms with Gasteiger partial charge in [-0.05, 0) is 11.4 Å². The highest BCUT2D eigenvalue weighted by Gasteiger charge is 2.16. The second-order valence-electron chi connectivity index (χ2n) is 2.53. The number of thiophene rings is 1. The van der Waals surface area contributed by atoms with E-state index in [0.29, 0.717) is 11.4 Å². The van der Waals surface area contributed by atoms with Crippen molar-refractivity contribution in [3.05, 3.63) is 21.3 Å². The molecule has 1 aromatic rings. The number of esters is 1. The Morgan fingerprint density at radius 1 is 1.85 bits per heavy atom. The molecule has 0 spiro atoms. The van der Waals surface area contributed by atoms with Crippen LogP contribution in [0, 0.1) is 0 Å². The van der Waals surface area contributed by atoms with Gasteiger partial charge in [0.1, 0.15) is 6.04 Å². The minimum absolute atomic E-state index is 0.413. The van der Waals surface area contributed by atoms with E-state index in [4.69, 9.17) is 17.3 Å². The highest BCUT2D eigenvalue weighted by atomic mass is 35.5. The molecule has 1 atom stereocenters. The average molecular weight is 220 g/mol. The van der Waals surface area contributed by atoms with Crippen molar-refractivity contribution in [3.63, 3.8) is 0 Å². The van der Waals surface area contributed by atoms with Crippen LogP contribution in [-0.2, 0) is 16.0 Å². The Kier molecular flexibility index (Phi) is 3.71. The van der Waals surface area contributed by atoms with Crippen molar-refractivity contribution in [3.8, 4) is 0 Å². The first-order valence-electron chi connectivity index (χ1n) is 3.70. The molecule has 1 heterocycles. The first-order chi connectivity index (χ1) is 6.15. The minimum Gasteiger partial charge on any atom is -0.468 e. The summed E-state index contributed by atoms with van der Waals surface area (Å²) in [5, 5.41) is 2.52. The van der Waals surface area contributed by atoms with Crippen LogP contribution in [0.4, 0.5) is 0 Å². The number of methoxy groups -OCH3 is 1. The van der Waals surface area contributed by atoms with Gasteiger partial charge in [-0.3, -0.25) is 4.79 Å². The maximum absolute atomic E-state index is 11.0. The summed E-state index contributed by atoms with van der Waals surface area (Å²) in [7, 11) is 1.32. The quantitative estimate of drug-likeness (QED) is 0.783. The van der Waals surface area contributed by atoms with Gasteiger partial charge in [0, 0.05) is 11.3 Å². The number of carbonyl (C=O) groups excluding carboxylic acids is 1. The van der Waals surface area contributed by atoms with Crippen molar-refractivity contribution < 1.29 is 9.53 Å². The largest absolute Gasteiger partial charge is 0.468 e. The van der Waals surface area contributed by atoms with Crippen molar-refractivity contribution in [1.82, 2.24) is 0 Å². The van der Waals surface area contributed by atoms with Crippen molar-refractivity contribution >= 4 is 28.9 Å². The number of hydrogen-bond acceptors (Lipinski definition) is 4. The van der Waals surface area contributed by atoms with Gasteiger partial charge in [0.05, 0.1) is 12.1 Å². The Hall–Kier alpha value is -0.580. The molecule has 0 fully saturated rings. The molecule has 1 aromatic heterocycles. The van der Waals surface area contributed by atoms with Crippen LogP contribution in [0.1, 0.15) is 4.88 Å². The van der Waals surface area contributed by atoms with Crippen LogP contribution >= 0.6 is 22.9 Å². The molecule has 0 aromatic carbocycles. The van der Waals surface area contributed by atoms with E-state index in [1.807, 2.05) is 5.38 Å². The van der Waals surface area contributed by atoms with Crippen LogP contribution in [0.5, 0.6) is 0 Å². The molecule has 0 aliphatic rings. The molecule has 0 amide bonds. The van der Waals surface area contributed by atoms with Crippen LogP contribution < -0.4 is 5.73 Å². The van der Waals surface area contributed by atoms with E-state index in [2.05, 4.69) is 4.74 Å². The molecule has 0 radical (unpaired) electrons. The predicted molar refractivity (Wildman–Crippen MR) is 53.0 cm³/mol. The van der Waals surface area contributed by atoms with Gasteiger partial charge in [-0.1, -0.05) is 11.6 Å². The zero-order chi connectivity index (χ0) is 9.84. The second kappa shape index (κ2) is 4.60. The fourth-order valence-corrected chi connectivity index (χ4v) is 2.08. The van der Waals surface area contributed by atoms with E-state index in [0.717, 1.165) is 4.88 Å². The first-order valence-corrected chi connectivity index (χ1v) is 4.96. The van der Waals surface area contributed by atoms with Crippen LogP contribution in [-0.4, -0.2) is 19.1 Å². The summed E-state index contributed by atoms with van der Waals surface area (Å²) >= 11 is 7.32. The van der Waals surface area contributed by atoms with E-state index >= 15 is 0 Å². The Balaban J connectivity index is 2.59. The molecular weight excluding hydrogens is 210 g/mol. The second-order valence-corrected chi connectivity index (χ2v) is 3.93. The van der Waals surface area contributed by atoms with E-state index in [-0.39, 0.29) is 0 Å². The van der Waals surface area contributed by atoms with Gasteiger partial charge in [-0.15, -0.1) is 11.3 Å². The fourth-order valence-electron chi connectivity index (χ4n) is 0.905. The van der Waals surface area contributed by atoms with Crippen LogP contribution in [0.25, 0.3) is 0 Å². The molecular formula is C8H10ClNO2S. The molecule has 2 N–H and O–H groups in total. The van der Waals surface area contributed by atoms with Crippen LogP contribution in [0.3, 0.4) is 0 Å². The lowest BCUT2D eigenvalue weighted by Gasteiger charge is -2.07. The summed E-state index contributed by atoms with van der Waals surface area (Å²) in [5.74, 6) is -0.413. The zero-order valence-corrected chi connectivity index (χ0v) is 8.69. The molecule has 72 valence electrons. The molecule has 5 heteroatoms. The zero-order valence-electron chi connectivity index (χ0n) is 7.12. The third-order valence-corrected chi connectivity index (χ3v) is 3.01. The Labute approximate surface area is 85.4 Å². The molecule has 1 rings (SSSR count). The Morgan fingerprint density at radius 3 is 3.00 bits per heavy atom. The number of nitrogens with two attached hydrogens (primary N) is 1. The molecule has 0 saturated heterocycles. The monoisotopic (exact) mass is 219 g/mol. The van der Waals surface area contributed by atoms with E-state index < -0.39 is 12.0 Å². The lowest BCUT2D eigenvalue weighted by atomic mass is 10.2. The summed E-state index contributed by atoms with van der Waals surface area (Å²) in [4.78, 5) is 11.9. The average Bonchev–Trinajstić information content (AvgIpc) is 2.50. The standard InChI is InChI=1S/C8H10ClNO2S/c1-12-8(11)6(10)4-7-5(9)2-3-13-7/h2-3,6H,4,10H2,1H3. The Bertz CT molecular complexity index is 300. The highest BCUT2D eigenvalue weighted by Crippen LogP contribution is 2.23. The number of ether oxygens (including phenoxy) is 1. The van der Waals surface area contributed by atoms with E-state index in [1.165, 1.54) is 18.4 Å². The van der Waals surface area contributed by atoms with Crippen LogP contribution in [0.15, 0.2) is 11.4 Å². The lowest BCUT2D eigenvalue weighted by molar-refractivity contribution is -0.142. The molecule has 0 aliphatic heterocycles. The van der Waals surface area contributed by atoms with E-state index in [1.54, 1.807) is 6.07 Å². The molecule has 0 saturated carbocycles. The maximum atomic E-state index is 11.0. The summed E-state index contributed by atoms with van der Waals surface area (Å²) in [6.07, 6.45) is 0.434. The van der Waals surface area contributed by atoms with Crippen LogP contribution in [0.2, 0.25) is 5.02 Å². The van der Waals surface area contributed by atoms with Gasteiger partial charge in [0.2, 0.25) is 0 Å². The van der Waals surface area contributed by atoms with Gasteiger partial charge >= 0.3 is 5.97 Å². The lowest BCUT2D eigenvalue weighted by Crippen LogP contribution is -2.33. The van der Waals surface area contributed by atoms with Gasteiger partial charge < -0.3 is 10.5 Å². The fraction of sp³-hybridized carbons (Fsp3) is 0.375. The van der Waals surface area contributed by atoms with Crippen molar-refractivity contribution in [2.45, 2.75) is 12.5 Å². The first kappa shape index (κ1) is 10.5. The van der Waals surface area contributed by atoms with Gasteiger partial charge in [0.15, 0.2) is 0 Å². The normalized spacial score (nSPS) is 12.5.